The number of rotatable bonds is 4. The van der Waals surface area contributed by atoms with E-state index in [1.165, 1.54) is 24.3 Å². The molecule has 0 aromatic heterocycles. The first-order valence-corrected chi connectivity index (χ1v) is 7.93. The van der Waals surface area contributed by atoms with E-state index in [0.717, 1.165) is 25.9 Å². The van der Waals surface area contributed by atoms with Gasteiger partial charge in [-0.1, -0.05) is 0 Å². The maximum absolute atomic E-state index is 12.1. The highest BCUT2D eigenvalue weighted by atomic mass is 32.2. The molecule has 0 bridgehead atoms. The predicted octanol–water partition coefficient (Wildman–Crippen LogP) is 1.01. The Bertz CT molecular complexity index is 513. The van der Waals surface area contributed by atoms with Gasteiger partial charge in [0.2, 0.25) is 10.0 Å². The molecule has 1 aromatic carbocycles. The quantitative estimate of drug-likeness (QED) is 0.866. The number of sulfonamides is 1. The molecule has 1 fully saturated rings. The molecule has 5 nitrogen and oxygen atoms in total. The lowest BCUT2D eigenvalue weighted by molar-refractivity contribution is 0.211. The van der Waals surface area contributed by atoms with Crippen LogP contribution < -0.4 is 4.72 Å². The Morgan fingerprint density at radius 2 is 2.05 bits per heavy atom. The molecule has 0 saturated carbocycles. The van der Waals surface area contributed by atoms with Gasteiger partial charge in [0.15, 0.2) is 0 Å². The van der Waals surface area contributed by atoms with Crippen LogP contribution in [0.3, 0.4) is 0 Å². The summed E-state index contributed by atoms with van der Waals surface area (Å²) < 4.78 is 26.8. The highest BCUT2D eigenvalue weighted by Crippen LogP contribution is 2.17. The van der Waals surface area contributed by atoms with Crippen molar-refractivity contribution >= 4 is 10.0 Å². The van der Waals surface area contributed by atoms with E-state index in [9.17, 15) is 8.42 Å². The van der Waals surface area contributed by atoms with E-state index in [4.69, 9.17) is 5.11 Å². The van der Waals surface area contributed by atoms with E-state index in [1.807, 2.05) is 0 Å². The monoisotopic (exact) mass is 284 g/mol. The SMILES string of the molecule is CN1CCCC(CNS(=O)(=O)c2ccc(O)cc2)C1. The Labute approximate surface area is 114 Å². The molecule has 0 radical (unpaired) electrons. The molecule has 1 aromatic rings. The summed E-state index contributed by atoms with van der Waals surface area (Å²) in [5.74, 6) is 0.429. The van der Waals surface area contributed by atoms with Crippen LogP contribution in [0.1, 0.15) is 12.8 Å². The third-order valence-electron chi connectivity index (χ3n) is 3.43. The van der Waals surface area contributed by atoms with Gasteiger partial charge in [-0.2, -0.15) is 0 Å². The maximum atomic E-state index is 12.1. The number of piperidine rings is 1. The molecule has 1 aliphatic rings. The van der Waals surface area contributed by atoms with E-state index in [1.54, 1.807) is 0 Å². The second kappa shape index (κ2) is 5.90. The number of phenols is 1. The van der Waals surface area contributed by atoms with E-state index in [-0.39, 0.29) is 10.6 Å². The largest absolute Gasteiger partial charge is 0.508 e. The first kappa shape index (κ1) is 14.3. The summed E-state index contributed by atoms with van der Waals surface area (Å²) in [5.41, 5.74) is 0. The van der Waals surface area contributed by atoms with Gasteiger partial charge >= 0.3 is 0 Å². The topological polar surface area (TPSA) is 69.6 Å². The Hall–Kier alpha value is -1.11. The van der Waals surface area contributed by atoms with Gasteiger partial charge in [-0.15, -0.1) is 0 Å². The Morgan fingerprint density at radius 1 is 1.37 bits per heavy atom. The summed E-state index contributed by atoms with van der Waals surface area (Å²) in [4.78, 5) is 2.41. The van der Waals surface area contributed by atoms with Crippen LogP contribution in [0.25, 0.3) is 0 Å². The fourth-order valence-corrected chi connectivity index (χ4v) is 3.49. The van der Waals surface area contributed by atoms with Crippen LogP contribution in [0.4, 0.5) is 0 Å². The fourth-order valence-electron chi connectivity index (χ4n) is 2.38. The molecule has 1 heterocycles. The lowest BCUT2D eigenvalue weighted by atomic mass is 9.99. The summed E-state index contributed by atoms with van der Waals surface area (Å²) in [6, 6.07) is 5.57. The molecule has 2 N–H and O–H groups in total. The zero-order chi connectivity index (χ0) is 13.9. The third kappa shape index (κ3) is 3.92. The minimum atomic E-state index is -3.47. The van der Waals surface area contributed by atoms with Crippen molar-refractivity contribution in [3.8, 4) is 5.75 Å². The van der Waals surface area contributed by atoms with Gasteiger partial charge < -0.3 is 10.0 Å². The third-order valence-corrected chi connectivity index (χ3v) is 4.87. The van der Waals surface area contributed by atoms with Gasteiger partial charge in [0.1, 0.15) is 5.75 Å². The van der Waals surface area contributed by atoms with E-state index < -0.39 is 10.0 Å². The first-order chi connectivity index (χ1) is 8.97. The van der Waals surface area contributed by atoms with Crippen molar-refractivity contribution in [2.45, 2.75) is 17.7 Å². The smallest absolute Gasteiger partial charge is 0.240 e. The number of likely N-dealkylation sites (tertiary alicyclic amines) is 1. The number of hydrogen-bond donors (Lipinski definition) is 2. The lowest BCUT2D eigenvalue weighted by Gasteiger charge is -2.29. The number of aromatic hydroxyl groups is 1. The highest BCUT2D eigenvalue weighted by molar-refractivity contribution is 7.89. The van der Waals surface area contributed by atoms with Gasteiger partial charge in [0.05, 0.1) is 4.90 Å². The average molecular weight is 284 g/mol. The van der Waals surface area contributed by atoms with Crippen molar-refractivity contribution in [2.75, 3.05) is 26.7 Å². The standard InChI is InChI=1S/C13H20N2O3S/c1-15-8-2-3-11(10-15)9-14-19(17,18)13-6-4-12(16)5-7-13/h4-7,11,14,16H,2-3,8-10H2,1H3. The summed E-state index contributed by atoms with van der Waals surface area (Å²) >= 11 is 0. The van der Waals surface area contributed by atoms with Crippen LogP contribution in [0.5, 0.6) is 5.75 Å². The molecular weight excluding hydrogens is 264 g/mol. The highest BCUT2D eigenvalue weighted by Gasteiger charge is 2.20. The summed E-state index contributed by atoms with van der Waals surface area (Å²) in [6.07, 6.45) is 2.17. The van der Waals surface area contributed by atoms with Crippen LogP contribution in [-0.4, -0.2) is 45.1 Å². The fraction of sp³-hybridized carbons (Fsp3) is 0.538. The number of hydrogen-bond acceptors (Lipinski definition) is 4. The maximum Gasteiger partial charge on any atom is 0.240 e. The van der Waals surface area contributed by atoms with Crippen molar-refractivity contribution in [3.63, 3.8) is 0 Å². The first-order valence-electron chi connectivity index (χ1n) is 6.44. The second-order valence-electron chi connectivity index (χ2n) is 5.12. The normalized spacial score (nSPS) is 21.4. The number of benzene rings is 1. The summed E-state index contributed by atoms with van der Waals surface area (Å²) in [7, 11) is -1.42. The number of nitrogens with zero attached hydrogens (tertiary/aromatic N) is 1. The van der Waals surface area contributed by atoms with E-state index in [2.05, 4.69) is 16.7 Å². The molecule has 1 atom stereocenters. The van der Waals surface area contributed by atoms with Gasteiger partial charge in [-0.3, -0.25) is 0 Å². The summed E-state index contributed by atoms with van der Waals surface area (Å²) in [6.45, 7) is 2.48. The predicted molar refractivity (Wildman–Crippen MR) is 73.5 cm³/mol. The van der Waals surface area contributed by atoms with E-state index in [0.29, 0.717) is 12.5 Å². The Balaban J connectivity index is 1.96. The van der Waals surface area contributed by atoms with Crippen molar-refractivity contribution in [3.05, 3.63) is 24.3 Å². The number of nitrogens with one attached hydrogen (secondary N) is 1. The molecule has 1 saturated heterocycles. The van der Waals surface area contributed by atoms with Crippen molar-refractivity contribution < 1.29 is 13.5 Å². The molecule has 6 heteroatoms. The van der Waals surface area contributed by atoms with Crippen molar-refractivity contribution in [1.82, 2.24) is 9.62 Å². The van der Waals surface area contributed by atoms with Crippen molar-refractivity contribution in [1.29, 1.82) is 0 Å². The molecular formula is C13H20N2O3S. The molecule has 19 heavy (non-hydrogen) atoms. The Kier molecular flexibility index (Phi) is 4.44. The second-order valence-corrected chi connectivity index (χ2v) is 6.88. The average Bonchev–Trinajstić information content (AvgIpc) is 2.37. The van der Waals surface area contributed by atoms with Crippen LogP contribution in [0.2, 0.25) is 0 Å². The molecule has 1 aliphatic heterocycles. The van der Waals surface area contributed by atoms with Gasteiger partial charge in [0.25, 0.3) is 0 Å². The summed E-state index contributed by atoms with van der Waals surface area (Å²) in [5, 5.41) is 9.16. The lowest BCUT2D eigenvalue weighted by Crippen LogP contribution is -2.39. The minimum Gasteiger partial charge on any atom is -0.508 e. The van der Waals surface area contributed by atoms with Gasteiger partial charge in [-0.05, 0) is 56.6 Å². The van der Waals surface area contributed by atoms with Gasteiger partial charge in [-0.25, -0.2) is 13.1 Å². The van der Waals surface area contributed by atoms with Crippen LogP contribution >= 0.6 is 0 Å². The molecule has 0 spiro atoms. The van der Waals surface area contributed by atoms with Crippen LogP contribution in [-0.2, 0) is 10.0 Å². The molecule has 2 rings (SSSR count). The zero-order valence-electron chi connectivity index (χ0n) is 11.0. The minimum absolute atomic E-state index is 0.0628. The van der Waals surface area contributed by atoms with Gasteiger partial charge in [0, 0.05) is 13.1 Å². The molecule has 0 amide bonds. The Morgan fingerprint density at radius 3 is 2.68 bits per heavy atom. The molecule has 106 valence electrons. The van der Waals surface area contributed by atoms with Crippen LogP contribution in [0, 0.1) is 5.92 Å². The zero-order valence-corrected chi connectivity index (χ0v) is 11.9. The van der Waals surface area contributed by atoms with Crippen molar-refractivity contribution in [2.24, 2.45) is 5.92 Å². The molecule has 1 unspecified atom stereocenters. The van der Waals surface area contributed by atoms with E-state index >= 15 is 0 Å². The number of phenolic OH excluding ortho intramolecular Hbond substituents is 1. The molecule has 0 aliphatic carbocycles. The van der Waals surface area contributed by atoms with Crippen LogP contribution in [0.15, 0.2) is 29.2 Å².